The molecule has 1 saturated heterocycles. The predicted molar refractivity (Wildman–Crippen MR) is 65.9 cm³/mol. The minimum Gasteiger partial charge on any atom is -0.370 e. The second-order valence-corrected chi connectivity index (χ2v) is 6.75. The molecule has 1 aromatic rings. The Balaban J connectivity index is 2.38. The summed E-state index contributed by atoms with van der Waals surface area (Å²) in [6.07, 6.45) is 3.51. The predicted octanol–water partition coefficient (Wildman–Crippen LogP) is 1.86. The molecule has 0 spiro atoms. The van der Waals surface area contributed by atoms with Crippen LogP contribution < -0.4 is 0 Å². The van der Waals surface area contributed by atoms with Crippen LogP contribution >= 0.6 is 10.7 Å². The highest BCUT2D eigenvalue weighted by Crippen LogP contribution is 2.28. The third-order valence-electron chi connectivity index (χ3n) is 2.88. The lowest BCUT2D eigenvalue weighted by Gasteiger charge is -2.22. The number of ether oxygens (including phenoxy) is 1. The van der Waals surface area contributed by atoms with Crippen molar-refractivity contribution >= 4 is 19.7 Å². The molecule has 0 amide bonds. The topological polar surface area (TPSA) is 74.1 Å². The summed E-state index contributed by atoms with van der Waals surface area (Å²) < 4.78 is 30.0. The van der Waals surface area contributed by atoms with E-state index in [9.17, 15) is 8.42 Å². The molecule has 2 rings (SSSR count). The lowest BCUT2D eigenvalue weighted by Crippen LogP contribution is -2.18. The summed E-state index contributed by atoms with van der Waals surface area (Å²) in [7, 11) is 1.49. The van der Waals surface area contributed by atoms with Crippen LogP contribution in [0.15, 0.2) is 5.16 Å². The third kappa shape index (κ3) is 2.84. The van der Waals surface area contributed by atoms with Gasteiger partial charge < -0.3 is 4.74 Å². The van der Waals surface area contributed by atoms with Crippen LogP contribution in [0.5, 0.6) is 0 Å². The van der Waals surface area contributed by atoms with Gasteiger partial charge in [-0.1, -0.05) is 6.92 Å². The first-order chi connectivity index (χ1) is 8.54. The fraction of sp³-hybridized carbons (Fsp3) is 0.800. The number of halogens is 1. The molecule has 0 saturated carbocycles. The molecule has 0 radical (unpaired) electrons. The summed E-state index contributed by atoms with van der Waals surface area (Å²) >= 11 is 0. The van der Waals surface area contributed by atoms with Gasteiger partial charge in [0.05, 0.1) is 0 Å². The number of aromatic nitrogens is 3. The van der Waals surface area contributed by atoms with Crippen molar-refractivity contribution in [3.8, 4) is 0 Å². The van der Waals surface area contributed by atoms with Gasteiger partial charge in [0.15, 0.2) is 5.82 Å². The van der Waals surface area contributed by atoms with Crippen molar-refractivity contribution in [2.75, 3.05) is 6.61 Å². The zero-order chi connectivity index (χ0) is 13.2. The Kier molecular flexibility index (Phi) is 4.24. The zero-order valence-electron chi connectivity index (χ0n) is 10.2. The first-order valence-electron chi connectivity index (χ1n) is 6.03. The number of hydrogen-bond acceptors (Lipinski definition) is 5. The Bertz CT molecular complexity index is 508. The van der Waals surface area contributed by atoms with Crippen molar-refractivity contribution in [3.05, 3.63) is 5.82 Å². The monoisotopic (exact) mass is 293 g/mol. The van der Waals surface area contributed by atoms with Gasteiger partial charge in [-0.05, 0) is 25.7 Å². The van der Waals surface area contributed by atoms with Crippen molar-refractivity contribution in [1.29, 1.82) is 0 Å². The minimum atomic E-state index is -3.87. The van der Waals surface area contributed by atoms with Gasteiger partial charge in [0.25, 0.3) is 14.2 Å². The molecule has 0 N–H and O–H groups in total. The average Bonchev–Trinajstić information content (AvgIpc) is 2.74. The molecule has 18 heavy (non-hydrogen) atoms. The Morgan fingerprint density at radius 1 is 1.44 bits per heavy atom. The molecule has 6 nitrogen and oxygen atoms in total. The van der Waals surface area contributed by atoms with Crippen molar-refractivity contribution in [2.24, 2.45) is 0 Å². The molecule has 0 bridgehead atoms. The van der Waals surface area contributed by atoms with Crippen LogP contribution in [0.4, 0.5) is 0 Å². The molecule has 1 aliphatic heterocycles. The second kappa shape index (κ2) is 5.54. The Morgan fingerprint density at radius 3 is 2.78 bits per heavy atom. The SMILES string of the molecule is CCCn1c(C2CCCCO2)nnc1S(=O)(=O)Cl. The zero-order valence-corrected chi connectivity index (χ0v) is 11.7. The molecule has 0 aliphatic carbocycles. The Labute approximate surface area is 111 Å². The average molecular weight is 294 g/mol. The van der Waals surface area contributed by atoms with Crippen molar-refractivity contribution in [1.82, 2.24) is 14.8 Å². The lowest BCUT2D eigenvalue weighted by atomic mass is 10.1. The third-order valence-corrected chi connectivity index (χ3v) is 4.03. The first kappa shape index (κ1) is 13.8. The van der Waals surface area contributed by atoms with Gasteiger partial charge >= 0.3 is 0 Å². The summed E-state index contributed by atoms with van der Waals surface area (Å²) in [5.74, 6) is 0.566. The number of rotatable bonds is 4. The van der Waals surface area contributed by atoms with E-state index in [-0.39, 0.29) is 11.3 Å². The largest absolute Gasteiger partial charge is 0.370 e. The van der Waals surface area contributed by atoms with Crippen LogP contribution in [0.3, 0.4) is 0 Å². The fourth-order valence-corrected chi connectivity index (χ4v) is 3.03. The molecule has 2 heterocycles. The second-order valence-electron chi connectivity index (χ2n) is 4.29. The summed E-state index contributed by atoms with van der Waals surface area (Å²) in [4.78, 5) is 0. The summed E-state index contributed by atoms with van der Waals surface area (Å²) in [5, 5.41) is 7.46. The minimum absolute atomic E-state index is 0.176. The molecule has 102 valence electrons. The van der Waals surface area contributed by atoms with Gasteiger partial charge in [-0.3, -0.25) is 4.57 Å². The van der Waals surface area contributed by atoms with Gasteiger partial charge in [0.1, 0.15) is 6.10 Å². The van der Waals surface area contributed by atoms with Gasteiger partial charge in [-0.2, -0.15) is 0 Å². The molecule has 1 unspecified atom stereocenters. The van der Waals surface area contributed by atoms with Crippen LogP contribution in [0, 0.1) is 0 Å². The standard InChI is InChI=1S/C10H16ClN3O3S/c1-2-6-14-9(8-5-3-4-7-17-8)12-13-10(14)18(11,15)16/h8H,2-7H2,1H3. The molecule has 1 aromatic heterocycles. The fourth-order valence-electron chi connectivity index (χ4n) is 2.10. The highest BCUT2D eigenvalue weighted by molar-refractivity contribution is 8.13. The van der Waals surface area contributed by atoms with E-state index in [1.807, 2.05) is 6.92 Å². The molecule has 1 atom stereocenters. The van der Waals surface area contributed by atoms with Crippen LogP contribution in [0.1, 0.15) is 44.5 Å². The summed E-state index contributed by atoms with van der Waals surface area (Å²) in [6.45, 7) is 3.15. The molecular formula is C10H16ClN3O3S. The van der Waals surface area contributed by atoms with Crippen molar-refractivity contribution in [2.45, 2.75) is 50.4 Å². The van der Waals surface area contributed by atoms with E-state index >= 15 is 0 Å². The van der Waals surface area contributed by atoms with E-state index in [1.165, 1.54) is 0 Å². The Morgan fingerprint density at radius 2 is 2.22 bits per heavy atom. The van der Waals surface area contributed by atoms with Crippen molar-refractivity contribution in [3.63, 3.8) is 0 Å². The normalized spacial score (nSPS) is 21.1. The smallest absolute Gasteiger partial charge is 0.296 e. The highest BCUT2D eigenvalue weighted by atomic mass is 35.7. The molecule has 0 aromatic carbocycles. The van der Waals surface area contributed by atoms with Crippen LogP contribution in [-0.2, 0) is 20.3 Å². The molecule has 8 heteroatoms. The van der Waals surface area contributed by atoms with Crippen LogP contribution in [-0.4, -0.2) is 29.8 Å². The quantitative estimate of drug-likeness (QED) is 0.792. The maximum atomic E-state index is 11.4. The van der Waals surface area contributed by atoms with Gasteiger partial charge in [-0.25, -0.2) is 8.42 Å². The van der Waals surface area contributed by atoms with E-state index in [0.717, 1.165) is 25.7 Å². The van der Waals surface area contributed by atoms with Crippen LogP contribution in [0.2, 0.25) is 0 Å². The Hall–Kier alpha value is -0.660. The first-order valence-corrected chi connectivity index (χ1v) is 8.34. The molecule has 1 aliphatic rings. The van der Waals surface area contributed by atoms with E-state index in [4.69, 9.17) is 15.4 Å². The maximum Gasteiger partial charge on any atom is 0.296 e. The lowest BCUT2D eigenvalue weighted by molar-refractivity contribution is 0.00677. The van der Waals surface area contributed by atoms with E-state index in [0.29, 0.717) is 19.0 Å². The molecule has 1 fully saturated rings. The van der Waals surface area contributed by atoms with Gasteiger partial charge in [0, 0.05) is 23.8 Å². The van der Waals surface area contributed by atoms with E-state index in [1.54, 1.807) is 4.57 Å². The van der Waals surface area contributed by atoms with Crippen LogP contribution in [0.25, 0.3) is 0 Å². The summed E-state index contributed by atoms with van der Waals surface area (Å²) in [6, 6.07) is 0. The maximum absolute atomic E-state index is 11.4. The molecular weight excluding hydrogens is 278 g/mol. The van der Waals surface area contributed by atoms with Crippen molar-refractivity contribution < 1.29 is 13.2 Å². The number of hydrogen-bond donors (Lipinski definition) is 0. The summed E-state index contributed by atoms with van der Waals surface area (Å²) in [5.41, 5.74) is 0. The highest BCUT2D eigenvalue weighted by Gasteiger charge is 2.28. The van der Waals surface area contributed by atoms with E-state index < -0.39 is 9.05 Å². The van der Waals surface area contributed by atoms with Gasteiger partial charge in [0.2, 0.25) is 0 Å². The van der Waals surface area contributed by atoms with Gasteiger partial charge in [-0.15, -0.1) is 10.2 Å². The van der Waals surface area contributed by atoms with E-state index in [2.05, 4.69) is 10.2 Å². The number of nitrogens with zero attached hydrogens (tertiary/aromatic N) is 3.